The summed E-state index contributed by atoms with van der Waals surface area (Å²) in [5.74, 6) is -4.54. The maximum atomic E-state index is 14.6. The van der Waals surface area contributed by atoms with E-state index < -0.39 is 46.3 Å². The van der Waals surface area contributed by atoms with Gasteiger partial charge in [-0.2, -0.15) is 5.01 Å². The molecule has 0 unspecified atom stereocenters. The lowest BCUT2D eigenvalue weighted by Crippen LogP contribution is -2.57. The number of benzene rings is 4. The first-order valence-corrected chi connectivity index (χ1v) is 14.6. The molecule has 3 amide bonds. The summed E-state index contributed by atoms with van der Waals surface area (Å²) in [6.45, 7) is 1.72. The maximum absolute atomic E-state index is 14.6. The summed E-state index contributed by atoms with van der Waals surface area (Å²) in [6, 6.07) is 27.8. The fourth-order valence-electron chi connectivity index (χ4n) is 7.37. The topological polar surface area (TPSA) is 118 Å². The molecule has 218 valence electrons. The van der Waals surface area contributed by atoms with E-state index in [2.05, 4.69) is 0 Å². The average molecular weight is 586 g/mol. The van der Waals surface area contributed by atoms with Crippen molar-refractivity contribution in [3.05, 3.63) is 147 Å². The van der Waals surface area contributed by atoms with E-state index in [0.717, 1.165) is 32.3 Å². The van der Waals surface area contributed by atoms with Crippen molar-refractivity contribution in [2.75, 3.05) is 0 Å². The second-order valence-electron chi connectivity index (χ2n) is 11.4. The van der Waals surface area contributed by atoms with Gasteiger partial charge in [0, 0.05) is 35.1 Å². The van der Waals surface area contributed by atoms with Crippen molar-refractivity contribution in [3.63, 3.8) is 0 Å². The maximum Gasteiger partial charge on any atom is 0.273 e. The number of imide groups is 1. The molecule has 2 bridgehead atoms. The second-order valence-corrected chi connectivity index (χ2v) is 11.4. The van der Waals surface area contributed by atoms with Gasteiger partial charge in [-0.1, -0.05) is 85.8 Å². The number of nitrogens with zero attached hydrogens (tertiary/aromatic N) is 3. The van der Waals surface area contributed by atoms with Crippen LogP contribution in [0.4, 0.5) is 5.69 Å². The van der Waals surface area contributed by atoms with Gasteiger partial charge >= 0.3 is 0 Å². The summed E-state index contributed by atoms with van der Waals surface area (Å²) in [7, 11) is 0. The predicted octanol–water partition coefficient (Wildman–Crippen LogP) is 5.51. The number of ketones is 1. The molecule has 4 aliphatic rings. The first-order valence-electron chi connectivity index (χ1n) is 14.6. The van der Waals surface area contributed by atoms with Crippen LogP contribution in [0.15, 0.2) is 103 Å². The number of hydrogen-bond acceptors (Lipinski definition) is 6. The third-order valence-electron chi connectivity index (χ3n) is 9.22. The standard InChI is InChI=1S/C35H27N3O6/c1-2-27(32(39)20-10-4-3-5-11-20)36(33(40)21-16-18-22(19-17-21)38(43)44)37-34(41)30-28-23-12-6-7-13-24(23)29(31(30)35(37)42)26-15-9-8-14-25(26)28/h3-19,27-31H,2H2,1H3/t27-,28?,29?,30+,31+/m1/s1. The van der Waals surface area contributed by atoms with Crippen LogP contribution in [-0.4, -0.2) is 44.5 Å². The van der Waals surface area contributed by atoms with Gasteiger partial charge in [-0.25, -0.2) is 5.01 Å². The number of carbonyl (C=O) groups is 4. The van der Waals surface area contributed by atoms with Gasteiger partial charge in [-0.05, 0) is 40.8 Å². The molecular weight excluding hydrogens is 558 g/mol. The highest BCUT2D eigenvalue weighted by atomic mass is 16.6. The summed E-state index contributed by atoms with van der Waals surface area (Å²) in [4.78, 5) is 68.1. The van der Waals surface area contributed by atoms with E-state index in [1.807, 2.05) is 48.5 Å². The monoisotopic (exact) mass is 585 g/mol. The molecule has 9 heteroatoms. The minimum Gasteiger partial charge on any atom is -0.292 e. The molecule has 1 fully saturated rings. The van der Waals surface area contributed by atoms with E-state index in [0.29, 0.717) is 5.56 Å². The fraction of sp³-hybridized carbons (Fsp3) is 0.200. The van der Waals surface area contributed by atoms with Crippen molar-refractivity contribution in [2.24, 2.45) is 11.8 Å². The molecule has 1 heterocycles. The third-order valence-corrected chi connectivity index (χ3v) is 9.22. The van der Waals surface area contributed by atoms with Crippen molar-refractivity contribution in [2.45, 2.75) is 31.2 Å². The van der Waals surface area contributed by atoms with Crippen LogP contribution in [0.3, 0.4) is 0 Å². The highest BCUT2D eigenvalue weighted by Crippen LogP contribution is 2.61. The molecule has 0 N–H and O–H groups in total. The van der Waals surface area contributed by atoms with Crippen LogP contribution < -0.4 is 0 Å². The molecule has 4 aromatic rings. The fourth-order valence-corrected chi connectivity index (χ4v) is 7.37. The Kier molecular flexibility index (Phi) is 6.46. The molecule has 0 spiro atoms. The molecule has 0 aromatic heterocycles. The minimum absolute atomic E-state index is 0.0138. The molecule has 0 saturated carbocycles. The SMILES string of the molecule is CC[C@H](C(=O)c1ccccc1)N(C(=O)c1ccc([N+](=O)[O-])cc1)N1C(=O)[C@H]2C3c4ccccc4C(c4ccccc43)[C@@H]2C1=O. The largest absolute Gasteiger partial charge is 0.292 e. The molecule has 8 rings (SSSR count). The Hall–Kier alpha value is -5.44. The molecule has 44 heavy (non-hydrogen) atoms. The molecule has 3 atom stereocenters. The minimum atomic E-state index is -1.18. The first kappa shape index (κ1) is 27.4. The zero-order valence-corrected chi connectivity index (χ0v) is 23.7. The van der Waals surface area contributed by atoms with Crippen molar-refractivity contribution in [1.29, 1.82) is 0 Å². The van der Waals surface area contributed by atoms with Gasteiger partial charge in [-0.15, -0.1) is 0 Å². The number of nitro groups is 1. The molecule has 1 aliphatic heterocycles. The Bertz CT molecular complexity index is 1740. The van der Waals surface area contributed by atoms with E-state index in [4.69, 9.17) is 0 Å². The summed E-state index contributed by atoms with van der Waals surface area (Å²) in [5, 5.41) is 13.2. The molecule has 3 aliphatic carbocycles. The predicted molar refractivity (Wildman–Crippen MR) is 160 cm³/mol. The van der Waals surface area contributed by atoms with E-state index in [9.17, 15) is 29.3 Å². The Morgan fingerprint density at radius 1 is 0.727 bits per heavy atom. The molecule has 0 radical (unpaired) electrons. The van der Waals surface area contributed by atoms with Gasteiger partial charge in [0.25, 0.3) is 23.4 Å². The summed E-state index contributed by atoms with van der Waals surface area (Å²) >= 11 is 0. The lowest BCUT2D eigenvalue weighted by molar-refractivity contribution is -0.384. The number of Topliss-reactive ketones (excluding diaryl/α,β-unsaturated/α-hetero) is 1. The van der Waals surface area contributed by atoms with Crippen LogP contribution in [0, 0.1) is 22.0 Å². The second kappa shape index (κ2) is 10.4. The number of non-ortho nitro benzene ring substituents is 1. The van der Waals surface area contributed by atoms with E-state index in [-0.39, 0.29) is 29.5 Å². The lowest BCUT2D eigenvalue weighted by atomic mass is 9.55. The highest BCUT2D eigenvalue weighted by Gasteiger charge is 2.63. The Morgan fingerprint density at radius 3 is 1.61 bits per heavy atom. The number of nitro benzene ring substituents is 1. The third kappa shape index (κ3) is 3.92. The first-order chi connectivity index (χ1) is 21.3. The quantitative estimate of drug-likeness (QED) is 0.122. The average Bonchev–Trinajstić information content (AvgIpc) is 3.32. The summed E-state index contributed by atoms with van der Waals surface area (Å²) in [6.07, 6.45) is 0.117. The molecule has 4 aromatic carbocycles. The van der Waals surface area contributed by atoms with Gasteiger partial charge in [0.2, 0.25) is 0 Å². The van der Waals surface area contributed by atoms with Crippen molar-refractivity contribution in [1.82, 2.24) is 10.0 Å². The van der Waals surface area contributed by atoms with Gasteiger partial charge in [0.15, 0.2) is 5.78 Å². The van der Waals surface area contributed by atoms with Crippen LogP contribution in [0.5, 0.6) is 0 Å². The van der Waals surface area contributed by atoms with Crippen LogP contribution >= 0.6 is 0 Å². The van der Waals surface area contributed by atoms with Gasteiger partial charge in [0.05, 0.1) is 16.8 Å². The van der Waals surface area contributed by atoms with E-state index >= 15 is 0 Å². The van der Waals surface area contributed by atoms with E-state index in [1.54, 1.807) is 37.3 Å². The highest BCUT2D eigenvalue weighted by molar-refractivity contribution is 6.12. The number of hydrogen-bond donors (Lipinski definition) is 0. The van der Waals surface area contributed by atoms with Crippen LogP contribution in [0.1, 0.15) is 68.2 Å². The summed E-state index contributed by atoms with van der Waals surface area (Å²) < 4.78 is 0. The molecule has 9 nitrogen and oxygen atoms in total. The van der Waals surface area contributed by atoms with Crippen LogP contribution in [-0.2, 0) is 9.59 Å². The van der Waals surface area contributed by atoms with Crippen LogP contribution in [0.25, 0.3) is 0 Å². The number of carbonyl (C=O) groups excluding carboxylic acids is 4. The van der Waals surface area contributed by atoms with Gasteiger partial charge in [-0.3, -0.25) is 29.3 Å². The Labute approximate surface area is 252 Å². The van der Waals surface area contributed by atoms with Crippen LogP contribution in [0.2, 0.25) is 0 Å². The zero-order valence-electron chi connectivity index (χ0n) is 23.7. The number of hydrazine groups is 1. The molecular formula is C35H27N3O6. The zero-order chi connectivity index (χ0) is 30.7. The van der Waals surface area contributed by atoms with Gasteiger partial charge in [0.1, 0.15) is 6.04 Å². The van der Waals surface area contributed by atoms with Crippen molar-refractivity contribution < 1.29 is 24.1 Å². The number of rotatable bonds is 7. The van der Waals surface area contributed by atoms with E-state index in [1.165, 1.54) is 24.3 Å². The normalized spacial score (nSPS) is 21.7. The number of amides is 3. The van der Waals surface area contributed by atoms with Crippen molar-refractivity contribution in [3.8, 4) is 0 Å². The lowest BCUT2D eigenvalue weighted by Gasteiger charge is -2.45. The van der Waals surface area contributed by atoms with Crippen molar-refractivity contribution >= 4 is 29.2 Å². The molecule has 1 saturated heterocycles. The van der Waals surface area contributed by atoms with Gasteiger partial charge < -0.3 is 0 Å². The smallest absolute Gasteiger partial charge is 0.273 e. The Morgan fingerprint density at radius 2 is 1.18 bits per heavy atom. The Balaban J connectivity index is 1.37. The summed E-state index contributed by atoms with van der Waals surface area (Å²) in [5.41, 5.74) is 4.08.